The van der Waals surface area contributed by atoms with Crippen molar-refractivity contribution in [3.05, 3.63) is 66.9 Å². The number of benzene rings is 2. The third-order valence-corrected chi connectivity index (χ3v) is 4.31. The number of hydrogen-bond donors (Lipinski definition) is 2. The van der Waals surface area contributed by atoms with Gasteiger partial charge >= 0.3 is 0 Å². The minimum Gasteiger partial charge on any atom is -0.370 e. The standard InChI is InChI=1S/C21H20N4/c22-10-3-11-23-21-9-8-18-14-24-19(13-20(18)25-21)17-7-6-15-4-1-2-5-16(15)12-17/h1-2,4-9,12-14H,3,10-11,22H2,(H,23,25). The highest BCUT2D eigenvalue weighted by atomic mass is 15.0. The average molecular weight is 328 g/mol. The summed E-state index contributed by atoms with van der Waals surface area (Å²) in [5.74, 6) is 0.872. The first-order chi connectivity index (χ1) is 12.3. The molecule has 3 N–H and O–H groups in total. The van der Waals surface area contributed by atoms with Gasteiger partial charge in [0.05, 0.1) is 11.2 Å². The molecular weight excluding hydrogens is 308 g/mol. The fourth-order valence-corrected chi connectivity index (χ4v) is 2.94. The number of pyridine rings is 2. The number of nitrogens with two attached hydrogens (primary N) is 1. The van der Waals surface area contributed by atoms with Gasteiger partial charge in [-0.15, -0.1) is 0 Å². The molecule has 25 heavy (non-hydrogen) atoms. The predicted octanol–water partition coefficient (Wildman–Crippen LogP) is 4.21. The molecular formula is C21H20N4. The number of nitrogens with one attached hydrogen (secondary N) is 1. The van der Waals surface area contributed by atoms with Gasteiger partial charge in [-0.05, 0) is 48.0 Å². The molecule has 0 aliphatic carbocycles. The highest BCUT2D eigenvalue weighted by Crippen LogP contribution is 2.25. The smallest absolute Gasteiger partial charge is 0.126 e. The first-order valence-electron chi connectivity index (χ1n) is 8.53. The second-order valence-electron chi connectivity index (χ2n) is 6.09. The lowest BCUT2D eigenvalue weighted by Crippen LogP contribution is -2.09. The maximum Gasteiger partial charge on any atom is 0.126 e. The monoisotopic (exact) mass is 328 g/mol. The van der Waals surface area contributed by atoms with Crippen molar-refractivity contribution >= 4 is 27.5 Å². The van der Waals surface area contributed by atoms with E-state index in [9.17, 15) is 0 Å². The third kappa shape index (κ3) is 3.30. The molecule has 4 aromatic rings. The summed E-state index contributed by atoms with van der Waals surface area (Å²) in [4.78, 5) is 9.32. The first kappa shape index (κ1) is 15.5. The van der Waals surface area contributed by atoms with Crippen LogP contribution in [0.3, 0.4) is 0 Å². The maximum atomic E-state index is 5.54. The number of hydrogen-bond acceptors (Lipinski definition) is 4. The summed E-state index contributed by atoms with van der Waals surface area (Å²) in [6.07, 6.45) is 2.81. The van der Waals surface area contributed by atoms with Crippen LogP contribution in [0.1, 0.15) is 6.42 Å². The molecule has 2 aromatic heterocycles. The highest BCUT2D eigenvalue weighted by molar-refractivity contribution is 5.89. The fraction of sp³-hybridized carbons (Fsp3) is 0.143. The van der Waals surface area contributed by atoms with Crippen molar-refractivity contribution < 1.29 is 0 Å². The van der Waals surface area contributed by atoms with E-state index in [1.165, 1.54) is 10.8 Å². The number of anilines is 1. The third-order valence-electron chi connectivity index (χ3n) is 4.31. The van der Waals surface area contributed by atoms with Crippen molar-refractivity contribution in [2.24, 2.45) is 5.73 Å². The lowest BCUT2D eigenvalue weighted by Gasteiger charge is -2.08. The summed E-state index contributed by atoms with van der Waals surface area (Å²) >= 11 is 0. The highest BCUT2D eigenvalue weighted by Gasteiger charge is 2.05. The minimum absolute atomic E-state index is 0.677. The van der Waals surface area contributed by atoms with Crippen LogP contribution < -0.4 is 11.1 Å². The summed E-state index contributed by atoms with van der Waals surface area (Å²) < 4.78 is 0. The molecule has 0 spiro atoms. The summed E-state index contributed by atoms with van der Waals surface area (Å²) in [7, 11) is 0. The van der Waals surface area contributed by atoms with Crippen LogP contribution in [-0.4, -0.2) is 23.1 Å². The number of aromatic nitrogens is 2. The molecule has 124 valence electrons. The molecule has 0 saturated heterocycles. The van der Waals surface area contributed by atoms with E-state index in [2.05, 4.69) is 52.8 Å². The largest absolute Gasteiger partial charge is 0.370 e. The van der Waals surface area contributed by atoms with Crippen molar-refractivity contribution in [1.82, 2.24) is 9.97 Å². The Balaban J connectivity index is 1.70. The second kappa shape index (κ2) is 6.87. The zero-order valence-corrected chi connectivity index (χ0v) is 13.9. The van der Waals surface area contributed by atoms with Crippen LogP contribution in [0.15, 0.2) is 66.9 Å². The van der Waals surface area contributed by atoms with E-state index in [1.54, 1.807) is 0 Å². The quantitative estimate of drug-likeness (QED) is 0.539. The molecule has 0 aliphatic heterocycles. The zero-order valence-electron chi connectivity index (χ0n) is 13.9. The Hall–Kier alpha value is -2.98. The Morgan fingerprint density at radius 3 is 2.60 bits per heavy atom. The van der Waals surface area contributed by atoms with Crippen molar-refractivity contribution in [2.75, 3.05) is 18.4 Å². The normalized spacial score (nSPS) is 11.1. The molecule has 4 heteroatoms. The Morgan fingerprint density at radius 2 is 1.72 bits per heavy atom. The molecule has 0 bridgehead atoms. The second-order valence-corrected chi connectivity index (χ2v) is 6.09. The maximum absolute atomic E-state index is 5.54. The van der Waals surface area contributed by atoms with E-state index in [0.717, 1.165) is 40.9 Å². The van der Waals surface area contributed by atoms with Crippen LogP contribution >= 0.6 is 0 Å². The Bertz CT molecular complexity index is 1030. The van der Waals surface area contributed by atoms with E-state index < -0.39 is 0 Å². The van der Waals surface area contributed by atoms with Crippen molar-refractivity contribution in [2.45, 2.75) is 6.42 Å². The van der Waals surface area contributed by atoms with Gasteiger partial charge in [-0.2, -0.15) is 0 Å². The lowest BCUT2D eigenvalue weighted by atomic mass is 10.0. The van der Waals surface area contributed by atoms with Gasteiger partial charge in [0.15, 0.2) is 0 Å². The Labute approximate surface area is 146 Å². The van der Waals surface area contributed by atoms with E-state index in [1.807, 2.05) is 24.4 Å². The van der Waals surface area contributed by atoms with Crippen LogP contribution in [0.25, 0.3) is 32.9 Å². The molecule has 0 unspecified atom stereocenters. The van der Waals surface area contributed by atoms with Crippen LogP contribution in [-0.2, 0) is 0 Å². The number of fused-ring (bicyclic) bond motifs is 2. The van der Waals surface area contributed by atoms with Crippen LogP contribution in [0.2, 0.25) is 0 Å². The van der Waals surface area contributed by atoms with Gasteiger partial charge in [0.1, 0.15) is 5.82 Å². The summed E-state index contributed by atoms with van der Waals surface area (Å²) in [6, 6.07) is 20.8. The van der Waals surface area contributed by atoms with Gasteiger partial charge in [0, 0.05) is 23.7 Å². The van der Waals surface area contributed by atoms with Gasteiger partial charge in [-0.25, -0.2) is 4.98 Å². The van der Waals surface area contributed by atoms with Gasteiger partial charge in [-0.3, -0.25) is 4.98 Å². The van der Waals surface area contributed by atoms with E-state index in [-0.39, 0.29) is 0 Å². The molecule has 0 fully saturated rings. The molecule has 0 aliphatic rings. The minimum atomic E-state index is 0.677. The van der Waals surface area contributed by atoms with Crippen LogP contribution in [0.4, 0.5) is 5.82 Å². The number of nitrogens with zero attached hydrogens (tertiary/aromatic N) is 2. The topological polar surface area (TPSA) is 63.8 Å². The lowest BCUT2D eigenvalue weighted by molar-refractivity contribution is 0.871. The first-order valence-corrected chi connectivity index (χ1v) is 8.53. The SMILES string of the molecule is NCCCNc1ccc2cnc(-c3ccc4ccccc4c3)cc2n1. The van der Waals surface area contributed by atoms with Crippen molar-refractivity contribution in [3.8, 4) is 11.3 Å². The Morgan fingerprint density at radius 1 is 0.880 bits per heavy atom. The van der Waals surface area contributed by atoms with Gasteiger partial charge in [0.2, 0.25) is 0 Å². The summed E-state index contributed by atoms with van der Waals surface area (Å²) in [5, 5.41) is 6.79. The molecule has 4 rings (SSSR count). The van der Waals surface area contributed by atoms with Gasteiger partial charge < -0.3 is 11.1 Å². The Kier molecular flexibility index (Phi) is 4.27. The molecule has 0 saturated carbocycles. The molecule has 2 aromatic carbocycles. The molecule has 2 heterocycles. The van der Waals surface area contributed by atoms with Gasteiger partial charge in [-0.1, -0.05) is 36.4 Å². The summed E-state index contributed by atoms with van der Waals surface area (Å²) in [5.41, 5.74) is 8.51. The zero-order chi connectivity index (χ0) is 17.1. The molecule has 0 radical (unpaired) electrons. The van der Waals surface area contributed by atoms with E-state index >= 15 is 0 Å². The predicted molar refractivity (Wildman–Crippen MR) is 105 cm³/mol. The number of rotatable bonds is 5. The van der Waals surface area contributed by atoms with Crippen LogP contribution in [0.5, 0.6) is 0 Å². The summed E-state index contributed by atoms with van der Waals surface area (Å²) in [6.45, 7) is 1.51. The molecule has 0 amide bonds. The molecule has 0 atom stereocenters. The van der Waals surface area contributed by atoms with Crippen molar-refractivity contribution in [3.63, 3.8) is 0 Å². The van der Waals surface area contributed by atoms with Crippen LogP contribution in [0, 0.1) is 0 Å². The van der Waals surface area contributed by atoms with Crippen molar-refractivity contribution in [1.29, 1.82) is 0 Å². The fourth-order valence-electron chi connectivity index (χ4n) is 2.94. The molecule has 4 nitrogen and oxygen atoms in total. The van der Waals surface area contributed by atoms with E-state index in [4.69, 9.17) is 10.7 Å². The van der Waals surface area contributed by atoms with Gasteiger partial charge in [0.25, 0.3) is 0 Å². The van der Waals surface area contributed by atoms with E-state index in [0.29, 0.717) is 6.54 Å². The average Bonchev–Trinajstić information content (AvgIpc) is 2.67.